The van der Waals surface area contributed by atoms with Gasteiger partial charge in [0.1, 0.15) is 12.7 Å². The summed E-state index contributed by atoms with van der Waals surface area (Å²) in [5.74, 6) is 0.872. The van der Waals surface area contributed by atoms with Gasteiger partial charge in [0.05, 0.1) is 4.92 Å². The van der Waals surface area contributed by atoms with E-state index in [4.69, 9.17) is 0 Å². The maximum atomic E-state index is 12.6. The number of fused-ring (bicyclic) bond motifs is 1. The molecular weight excluding hydrogens is 430 g/mol. The molecule has 0 radical (unpaired) electrons. The van der Waals surface area contributed by atoms with Crippen molar-refractivity contribution in [2.45, 2.75) is 18.9 Å². The fourth-order valence-corrected chi connectivity index (χ4v) is 3.27. The van der Waals surface area contributed by atoms with Crippen LogP contribution in [0.5, 0.6) is 0 Å². The molecule has 168 valence electrons. The number of non-ortho nitro benzene ring substituents is 1. The van der Waals surface area contributed by atoms with Crippen molar-refractivity contribution in [3.8, 4) is 11.4 Å². The molecule has 0 saturated heterocycles. The summed E-state index contributed by atoms with van der Waals surface area (Å²) in [6.45, 7) is 0. The van der Waals surface area contributed by atoms with Gasteiger partial charge in [-0.05, 0) is 18.9 Å². The zero-order chi connectivity index (χ0) is 23.1. The predicted octanol–water partition coefficient (Wildman–Crippen LogP) is 2.04. The molecule has 3 aromatic heterocycles. The molecule has 1 aromatic carbocycles. The third-order valence-electron chi connectivity index (χ3n) is 5.00. The highest BCUT2D eigenvalue weighted by Crippen LogP contribution is 2.29. The number of amides is 1. The van der Waals surface area contributed by atoms with E-state index in [2.05, 4.69) is 41.0 Å². The number of rotatable bonds is 6. The maximum absolute atomic E-state index is 12.6. The van der Waals surface area contributed by atoms with Crippen molar-refractivity contribution in [3.05, 3.63) is 41.0 Å². The molecule has 14 heteroatoms. The highest BCUT2D eigenvalue weighted by atomic mass is 16.6. The molecule has 0 bridgehead atoms. The monoisotopic (exact) mass is 449 g/mol. The van der Waals surface area contributed by atoms with E-state index in [1.54, 1.807) is 20.2 Å². The van der Waals surface area contributed by atoms with E-state index < -0.39 is 4.92 Å². The molecule has 0 unspecified atom stereocenters. The molecule has 3 heterocycles. The summed E-state index contributed by atoms with van der Waals surface area (Å²) in [6, 6.07) is 4.25. The lowest BCUT2D eigenvalue weighted by atomic mass is 10.1. The van der Waals surface area contributed by atoms with Gasteiger partial charge in [-0.1, -0.05) is 0 Å². The molecule has 14 nitrogen and oxygen atoms in total. The first-order chi connectivity index (χ1) is 15.9. The normalized spacial score (nSPS) is 13.2. The van der Waals surface area contributed by atoms with Crippen LogP contribution in [0.15, 0.2) is 30.9 Å². The SMILES string of the molecule is CNc1nc(Nc2cc(-c3ncn(C)n3)cc([N+](=O)[O-])c2)nc2c1ncn2C(=O)NC1CC1. The first kappa shape index (κ1) is 20.3. The first-order valence-corrected chi connectivity index (χ1v) is 10.1. The van der Waals surface area contributed by atoms with Crippen molar-refractivity contribution in [2.75, 3.05) is 17.7 Å². The van der Waals surface area contributed by atoms with Crippen LogP contribution in [-0.4, -0.2) is 58.3 Å². The van der Waals surface area contributed by atoms with Crippen LogP contribution < -0.4 is 16.0 Å². The highest BCUT2D eigenvalue weighted by Gasteiger charge is 2.25. The minimum Gasteiger partial charge on any atom is -0.371 e. The molecular formula is C19H19N11O3. The van der Waals surface area contributed by atoms with Gasteiger partial charge in [0.15, 0.2) is 22.8 Å². The van der Waals surface area contributed by atoms with E-state index in [9.17, 15) is 14.9 Å². The second kappa shape index (κ2) is 7.81. The molecule has 1 saturated carbocycles. The zero-order valence-electron chi connectivity index (χ0n) is 17.7. The van der Waals surface area contributed by atoms with Gasteiger partial charge in [-0.2, -0.15) is 15.1 Å². The summed E-state index contributed by atoms with van der Waals surface area (Å²) in [6.07, 6.45) is 4.79. The van der Waals surface area contributed by atoms with Crippen molar-refractivity contribution in [1.29, 1.82) is 0 Å². The summed E-state index contributed by atoms with van der Waals surface area (Å²) in [5.41, 5.74) is 1.39. The Kier molecular flexibility index (Phi) is 4.80. The number of hydrogen-bond donors (Lipinski definition) is 3. The Labute approximate surface area is 186 Å². The molecule has 1 aliphatic rings. The van der Waals surface area contributed by atoms with Gasteiger partial charge in [-0.25, -0.2) is 19.3 Å². The van der Waals surface area contributed by atoms with Crippen molar-refractivity contribution >= 4 is 40.3 Å². The molecule has 33 heavy (non-hydrogen) atoms. The third-order valence-corrected chi connectivity index (χ3v) is 5.00. The molecule has 0 aliphatic heterocycles. The van der Waals surface area contributed by atoms with Gasteiger partial charge in [-0.3, -0.25) is 14.8 Å². The van der Waals surface area contributed by atoms with E-state index >= 15 is 0 Å². The number of nitrogens with zero attached hydrogens (tertiary/aromatic N) is 8. The summed E-state index contributed by atoms with van der Waals surface area (Å²) >= 11 is 0. The number of anilines is 3. The van der Waals surface area contributed by atoms with Crippen molar-refractivity contribution in [3.63, 3.8) is 0 Å². The number of aryl methyl sites for hydroxylation is 1. The van der Waals surface area contributed by atoms with Gasteiger partial charge in [0, 0.05) is 43.5 Å². The second-order valence-electron chi connectivity index (χ2n) is 7.55. The summed E-state index contributed by atoms with van der Waals surface area (Å²) in [4.78, 5) is 40.8. The Morgan fingerprint density at radius 3 is 2.67 bits per heavy atom. The van der Waals surface area contributed by atoms with Gasteiger partial charge in [-0.15, -0.1) is 0 Å². The average molecular weight is 449 g/mol. The lowest BCUT2D eigenvalue weighted by Gasteiger charge is -2.10. The summed E-state index contributed by atoms with van der Waals surface area (Å²) < 4.78 is 2.82. The number of carbonyl (C=O) groups excluding carboxylic acids is 1. The predicted molar refractivity (Wildman–Crippen MR) is 118 cm³/mol. The Morgan fingerprint density at radius 1 is 1.18 bits per heavy atom. The van der Waals surface area contributed by atoms with Crippen LogP contribution in [0, 0.1) is 10.1 Å². The largest absolute Gasteiger partial charge is 0.371 e. The fraction of sp³-hybridized carbons (Fsp3) is 0.263. The minimum atomic E-state index is -0.502. The Bertz CT molecular complexity index is 1390. The smallest absolute Gasteiger partial charge is 0.328 e. The number of nitro groups is 1. The number of carbonyl (C=O) groups is 1. The van der Waals surface area contributed by atoms with Crippen molar-refractivity contribution < 1.29 is 9.72 Å². The van der Waals surface area contributed by atoms with Crippen molar-refractivity contribution in [1.82, 2.24) is 39.6 Å². The number of imidazole rings is 1. The molecule has 1 fully saturated rings. The van der Waals surface area contributed by atoms with Crippen LogP contribution in [0.2, 0.25) is 0 Å². The Balaban J connectivity index is 1.54. The number of nitro benzene ring substituents is 1. The van der Waals surface area contributed by atoms with Crippen LogP contribution >= 0.6 is 0 Å². The Hall–Kier alpha value is -4.62. The van der Waals surface area contributed by atoms with E-state index in [0.29, 0.717) is 34.1 Å². The maximum Gasteiger partial charge on any atom is 0.328 e. The van der Waals surface area contributed by atoms with Crippen LogP contribution in [0.25, 0.3) is 22.6 Å². The van der Waals surface area contributed by atoms with Crippen LogP contribution in [0.1, 0.15) is 12.8 Å². The van der Waals surface area contributed by atoms with Gasteiger partial charge >= 0.3 is 6.03 Å². The quantitative estimate of drug-likeness (QED) is 0.292. The van der Waals surface area contributed by atoms with E-state index in [0.717, 1.165) is 12.8 Å². The zero-order valence-corrected chi connectivity index (χ0v) is 17.7. The molecule has 0 atom stereocenters. The molecule has 0 spiro atoms. The van der Waals surface area contributed by atoms with Gasteiger partial charge < -0.3 is 16.0 Å². The number of benzene rings is 1. The number of nitrogens with one attached hydrogen (secondary N) is 3. The molecule has 5 rings (SSSR count). The minimum absolute atomic E-state index is 0.133. The summed E-state index contributed by atoms with van der Waals surface area (Å²) in [5, 5.41) is 24.5. The second-order valence-corrected chi connectivity index (χ2v) is 7.55. The molecule has 1 aliphatic carbocycles. The van der Waals surface area contributed by atoms with E-state index in [1.807, 2.05) is 0 Å². The van der Waals surface area contributed by atoms with Gasteiger partial charge in [0.2, 0.25) is 5.95 Å². The van der Waals surface area contributed by atoms with Gasteiger partial charge in [0.25, 0.3) is 5.69 Å². The Morgan fingerprint density at radius 2 is 2.00 bits per heavy atom. The molecule has 3 N–H and O–H groups in total. The standard InChI is InChI=1S/C19H19N11O3/c1-20-16-14-17(29(9-21-14)19(31)24-11-3-4-11)26-18(25-16)23-12-5-10(6-13(7-12)30(32)33)15-22-8-28(2)27-15/h5-9,11H,3-4H2,1-2H3,(H,24,31)(H2,20,23,25,26). The highest BCUT2D eigenvalue weighted by molar-refractivity contribution is 5.92. The topological polar surface area (TPSA) is 171 Å². The average Bonchev–Trinajstić information content (AvgIpc) is 3.32. The first-order valence-electron chi connectivity index (χ1n) is 10.1. The van der Waals surface area contributed by atoms with E-state index in [1.165, 1.54) is 34.0 Å². The lowest BCUT2D eigenvalue weighted by Crippen LogP contribution is -2.30. The molecule has 1 amide bonds. The van der Waals surface area contributed by atoms with Crippen LogP contribution in [0.4, 0.5) is 27.9 Å². The lowest BCUT2D eigenvalue weighted by molar-refractivity contribution is -0.384. The number of hydrogen-bond acceptors (Lipinski definition) is 10. The third kappa shape index (κ3) is 4.00. The fourth-order valence-electron chi connectivity index (χ4n) is 3.27. The summed E-state index contributed by atoms with van der Waals surface area (Å²) in [7, 11) is 3.38. The van der Waals surface area contributed by atoms with Crippen LogP contribution in [0.3, 0.4) is 0 Å². The number of aromatic nitrogens is 7. The van der Waals surface area contributed by atoms with Crippen molar-refractivity contribution in [2.24, 2.45) is 7.05 Å². The van der Waals surface area contributed by atoms with Crippen LogP contribution in [-0.2, 0) is 7.05 Å². The molecule has 4 aromatic rings. The van der Waals surface area contributed by atoms with E-state index in [-0.39, 0.29) is 23.7 Å².